The third kappa shape index (κ3) is 19.2. The van der Waals surface area contributed by atoms with Crippen molar-refractivity contribution in [1.29, 1.82) is 0 Å². The van der Waals surface area contributed by atoms with Gasteiger partial charge in [0.1, 0.15) is 0 Å². The van der Waals surface area contributed by atoms with Crippen LogP contribution in [0, 0.1) is 59.2 Å². The monoisotopic (exact) mass is 334 g/mol. The highest BCUT2D eigenvalue weighted by molar-refractivity contribution is 5.69. The van der Waals surface area contributed by atoms with Crippen LogP contribution in [-0.2, 0) is 9.53 Å². The first kappa shape index (κ1) is 22.3. The number of rotatable bonds is 5. The molecule has 2 heteroatoms. The molecule has 0 unspecified atom stereocenters. The molecule has 2 nitrogen and oxygen atoms in total. The van der Waals surface area contributed by atoms with E-state index in [2.05, 4.69) is 59.2 Å². The lowest BCUT2D eigenvalue weighted by molar-refractivity contribution is -0.143. The Morgan fingerprint density at radius 3 is 1.64 bits per heavy atom. The second kappa shape index (κ2) is 19.3. The summed E-state index contributed by atoms with van der Waals surface area (Å²) in [6.45, 7) is 4.28. The molecule has 0 aromatic heterocycles. The molecule has 0 amide bonds. The van der Waals surface area contributed by atoms with Crippen LogP contribution in [0.5, 0.6) is 0 Å². The van der Waals surface area contributed by atoms with Crippen LogP contribution in [0.25, 0.3) is 0 Å². The lowest BCUT2D eigenvalue weighted by Gasteiger charge is -1.99. The minimum Gasteiger partial charge on any atom is -0.466 e. The Morgan fingerprint density at radius 2 is 1.16 bits per heavy atom. The number of esters is 1. The van der Waals surface area contributed by atoms with Crippen LogP contribution in [0.4, 0.5) is 0 Å². The van der Waals surface area contributed by atoms with Crippen LogP contribution in [0.1, 0.15) is 71.6 Å². The third-order valence-corrected chi connectivity index (χ3v) is 2.75. The molecule has 0 aromatic rings. The molecule has 0 N–H and O–H groups in total. The largest absolute Gasteiger partial charge is 0.466 e. The van der Waals surface area contributed by atoms with Crippen LogP contribution in [0.2, 0.25) is 0 Å². The van der Waals surface area contributed by atoms with E-state index in [1.165, 1.54) is 0 Å². The van der Waals surface area contributed by atoms with Crippen molar-refractivity contribution in [3.05, 3.63) is 0 Å². The second-order valence-electron chi connectivity index (χ2n) is 4.84. The summed E-state index contributed by atoms with van der Waals surface area (Å²) in [5.41, 5.74) is 0. The van der Waals surface area contributed by atoms with Crippen LogP contribution < -0.4 is 0 Å². The highest BCUT2D eigenvalue weighted by Crippen LogP contribution is 2.00. The maximum atomic E-state index is 11.1. The molecule has 0 atom stereocenters. The Hall–Kier alpha value is -2.73. The fourth-order valence-corrected chi connectivity index (χ4v) is 1.61. The van der Waals surface area contributed by atoms with Crippen molar-refractivity contribution in [2.45, 2.75) is 71.6 Å². The summed E-state index contributed by atoms with van der Waals surface area (Å²) in [5, 5.41) is 0. The molecule has 0 heterocycles. The van der Waals surface area contributed by atoms with Gasteiger partial charge < -0.3 is 4.74 Å². The number of carbonyl (C=O) groups excluding carboxylic acids is 1. The van der Waals surface area contributed by atoms with Gasteiger partial charge in [0.05, 0.1) is 32.3 Å². The first-order chi connectivity index (χ1) is 12.3. The van der Waals surface area contributed by atoms with Crippen LogP contribution in [0.3, 0.4) is 0 Å². The summed E-state index contributed by atoms with van der Waals surface area (Å²) in [7, 11) is 0. The Bertz CT molecular complexity index is 673. The van der Waals surface area contributed by atoms with Crippen molar-refractivity contribution in [2.75, 3.05) is 6.61 Å². The Morgan fingerprint density at radius 1 is 0.680 bits per heavy atom. The summed E-state index contributed by atoms with van der Waals surface area (Å²) < 4.78 is 4.86. The van der Waals surface area contributed by atoms with E-state index in [9.17, 15) is 4.79 Å². The van der Waals surface area contributed by atoms with Crippen molar-refractivity contribution in [3.63, 3.8) is 0 Å². The first-order valence-corrected chi connectivity index (χ1v) is 8.75. The summed E-state index contributed by atoms with van der Waals surface area (Å²) in [6.07, 6.45) is 6.19. The minimum atomic E-state index is -0.126. The zero-order valence-electron chi connectivity index (χ0n) is 15.4. The summed E-state index contributed by atoms with van der Waals surface area (Å²) in [5.74, 6) is 29.7. The summed E-state index contributed by atoms with van der Waals surface area (Å²) >= 11 is 0. The maximum absolute atomic E-state index is 11.1. The van der Waals surface area contributed by atoms with Crippen molar-refractivity contribution >= 4 is 5.97 Å². The fraction of sp³-hybridized carbons (Fsp3) is 0.522. The molecule has 130 valence electrons. The van der Waals surface area contributed by atoms with Gasteiger partial charge >= 0.3 is 5.97 Å². The number of hydrogen-bond donors (Lipinski definition) is 0. The number of carbonyl (C=O) groups is 1. The molecule has 0 fully saturated rings. The minimum absolute atomic E-state index is 0.126. The smallest absolute Gasteiger partial charge is 0.305 e. The van der Waals surface area contributed by atoms with E-state index in [1.54, 1.807) is 0 Å². The van der Waals surface area contributed by atoms with Gasteiger partial charge in [-0.05, 0) is 19.8 Å². The van der Waals surface area contributed by atoms with E-state index in [0.717, 1.165) is 25.7 Å². The SMILES string of the molecule is CCC#CCC#CCC#CCC#CCC#CCCCCC(=O)OCC. The predicted octanol–water partition coefficient (Wildman–Crippen LogP) is 4.10. The molecule has 0 saturated heterocycles. The number of ether oxygens (including phenoxy) is 1. The van der Waals surface area contributed by atoms with Crippen molar-refractivity contribution in [1.82, 2.24) is 0 Å². The highest BCUT2D eigenvalue weighted by Gasteiger charge is 1.99. The molecule has 0 radical (unpaired) electrons. The highest BCUT2D eigenvalue weighted by atomic mass is 16.5. The van der Waals surface area contributed by atoms with Crippen molar-refractivity contribution in [3.8, 4) is 59.2 Å². The van der Waals surface area contributed by atoms with E-state index in [-0.39, 0.29) is 5.97 Å². The van der Waals surface area contributed by atoms with E-state index in [4.69, 9.17) is 4.74 Å². The topological polar surface area (TPSA) is 26.3 Å². The van der Waals surface area contributed by atoms with Crippen LogP contribution in [0.15, 0.2) is 0 Å². The maximum Gasteiger partial charge on any atom is 0.305 e. The lowest BCUT2D eigenvalue weighted by Crippen LogP contribution is -2.02. The Balaban J connectivity index is 3.64. The van der Waals surface area contributed by atoms with Gasteiger partial charge in [-0.3, -0.25) is 4.79 Å². The Labute approximate surface area is 153 Å². The van der Waals surface area contributed by atoms with E-state index in [1.807, 2.05) is 13.8 Å². The van der Waals surface area contributed by atoms with E-state index in [0.29, 0.717) is 38.7 Å². The zero-order chi connectivity index (χ0) is 18.4. The van der Waals surface area contributed by atoms with Crippen molar-refractivity contribution in [2.24, 2.45) is 0 Å². The van der Waals surface area contributed by atoms with Gasteiger partial charge in [0.2, 0.25) is 0 Å². The molecule has 0 spiro atoms. The van der Waals surface area contributed by atoms with Gasteiger partial charge in [0.25, 0.3) is 0 Å². The average molecular weight is 334 g/mol. The molecule has 0 aliphatic rings. The number of hydrogen-bond acceptors (Lipinski definition) is 2. The van der Waals surface area contributed by atoms with Crippen LogP contribution >= 0.6 is 0 Å². The molecule has 0 bridgehead atoms. The van der Waals surface area contributed by atoms with E-state index >= 15 is 0 Å². The molecule has 0 aliphatic carbocycles. The Kier molecular flexibility index (Phi) is 17.2. The molecular formula is C23H26O2. The quantitative estimate of drug-likeness (QED) is 0.430. The van der Waals surface area contributed by atoms with Crippen LogP contribution in [-0.4, -0.2) is 12.6 Å². The third-order valence-electron chi connectivity index (χ3n) is 2.75. The normalized spacial score (nSPS) is 7.76. The fourth-order valence-electron chi connectivity index (χ4n) is 1.61. The first-order valence-electron chi connectivity index (χ1n) is 8.75. The van der Waals surface area contributed by atoms with Crippen molar-refractivity contribution < 1.29 is 9.53 Å². The van der Waals surface area contributed by atoms with Gasteiger partial charge in [0.15, 0.2) is 0 Å². The summed E-state index contributed by atoms with van der Waals surface area (Å²) in [4.78, 5) is 11.1. The van der Waals surface area contributed by atoms with Gasteiger partial charge in [-0.25, -0.2) is 0 Å². The zero-order valence-corrected chi connectivity index (χ0v) is 15.4. The average Bonchev–Trinajstić information content (AvgIpc) is 2.61. The van der Waals surface area contributed by atoms with Gasteiger partial charge in [-0.2, -0.15) is 0 Å². The van der Waals surface area contributed by atoms with E-state index < -0.39 is 0 Å². The molecule has 0 aliphatic heterocycles. The standard InChI is InChI=1S/C23H26O2/c1-3-5-6-7-8-9-10-11-12-13-14-15-16-17-18-19-20-21-22-23(24)25-4-2/h3-4,7,10,13,16,19-22H2,1-2H3. The molecule has 25 heavy (non-hydrogen) atoms. The molecule has 0 rings (SSSR count). The second-order valence-corrected chi connectivity index (χ2v) is 4.84. The molecular weight excluding hydrogens is 308 g/mol. The number of unbranched alkanes of at least 4 members (excludes halogenated alkanes) is 2. The molecule has 0 aromatic carbocycles. The predicted molar refractivity (Wildman–Crippen MR) is 103 cm³/mol. The molecule has 0 saturated carbocycles. The van der Waals surface area contributed by atoms with Gasteiger partial charge in [0, 0.05) is 19.3 Å². The van der Waals surface area contributed by atoms with Gasteiger partial charge in [-0.15, -0.1) is 11.8 Å². The van der Waals surface area contributed by atoms with Gasteiger partial charge in [-0.1, -0.05) is 54.3 Å². The summed E-state index contributed by atoms with van der Waals surface area (Å²) in [6, 6.07) is 0. The lowest BCUT2D eigenvalue weighted by atomic mass is 10.2.